The van der Waals surface area contributed by atoms with E-state index in [4.69, 9.17) is 11.6 Å². The molecule has 1 heterocycles. The summed E-state index contributed by atoms with van der Waals surface area (Å²) in [6, 6.07) is 11.8. The van der Waals surface area contributed by atoms with E-state index in [9.17, 15) is 22.4 Å². The summed E-state index contributed by atoms with van der Waals surface area (Å²) in [4.78, 5) is 11.8. The van der Waals surface area contributed by atoms with Crippen LogP contribution in [0, 0.1) is 5.82 Å². The summed E-state index contributed by atoms with van der Waals surface area (Å²) < 4.78 is 54.3. The molecule has 2 nitrogen and oxygen atoms in total. The molecule has 2 aromatic carbocycles. The lowest BCUT2D eigenvalue weighted by Gasteiger charge is -2.17. The molecule has 3 aromatic rings. The van der Waals surface area contributed by atoms with E-state index in [2.05, 4.69) is 0 Å². The third-order valence-corrected chi connectivity index (χ3v) is 4.24. The average Bonchev–Trinajstić information content (AvgIpc) is 2.56. The first-order valence-corrected chi connectivity index (χ1v) is 7.94. The minimum Gasteiger partial charge on any atom is -0.343 e. The van der Waals surface area contributed by atoms with Crippen LogP contribution in [0.4, 0.5) is 17.6 Å². The molecule has 0 amide bonds. The fourth-order valence-corrected chi connectivity index (χ4v) is 2.99. The predicted octanol–water partition coefficient (Wildman–Crippen LogP) is 5.37. The zero-order chi connectivity index (χ0) is 18.9. The van der Waals surface area contributed by atoms with E-state index in [0.717, 1.165) is 6.07 Å². The fourth-order valence-electron chi connectivity index (χ4n) is 2.66. The van der Waals surface area contributed by atoms with Crippen molar-refractivity contribution in [2.24, 2.45) is 0 Å². The zero-order valence-corrected chi connectivity index (χ0v) is 14.0. The standard InChI is InChI=1S/C19H12ClF4NO/c20-18-15(5-2-6-16(18)19(22,23)24)17-10-14(26)7-8-25(17)11-12-3-1-4-13(21)9-12/h1-10H,11H2. The highest BCUT2D eigenvalue weighted by Gasteiger charge is 2.34. The summed E-state index contributed by atoms with van der Waals surface area (Å²) in [5.74, 6) is -0.429. The monoisotopic (exact) mass is 381 g/mol. The lowest BCUT2D eigenvalue weighted by molar-refractivity contribution is -0.137. The van der Waals surface area contributed by atoms with E-state index in [1.807, 2.05) is 0 Å². The van der Waals surface area contributed by atoms with Gasteiger partial charge in [0.1, 0.15) is 5.82 Å². The summed E-state index contributed by atoms with van der Waals surface area (Å²) in [6.07, 6.45) is -3.17. The van der Waals surface area contributed by atoms with Gasteiger partial charge in [-0.1, -0.05) is 35.9 Å². The first-order chi connectivity index (χ1) is 12.3. The van der Waals surface area contributed by atoms with E-state index in [1.54, 1.807) is 10.6 Å². The van der Waals surface area contributed by atoms with Crippen LogP contribution in [0.3, 0.4) is 0 Å². The molecule has 0 aliphatic rings. The van der Waals surface area contributed by atoms with Crippen LogP contribution in [-0.4, -0.2) is 4.57 Å². The summed E-state index contributed by atoms with van der Waals surface area (Å²) in [7, 11) is 0. The van der Waals surface area contributed by atoms with Gasteiger partial charge in [0.2, 0.25) is 0 Å². The molecule has 0 spiro atoms. The highest BCUT2D eigenvalue weighted by Crippen LogP contribution is 2.39. The molecule has 134 valence electrons. The fraction of sp³-hybridized carbons (Fsp3) is 0.105. The van der Waals surface area contributed by atoms with Crippen LogP contribution in [0.25, 0.3) is 11.3 Å². The summed E-state index contributed by atoms with van der Waals surface area (Å²) in [5, 5.41) is -0.487. The predicted molar refractivity (Wildman–Crippen MR) is 91.7 cm³/mol. The van der Waals surface area contributed by atoms with Crippen molar-refractivity contribution in [2.45, 2.75) is 12.7 Å². The zero-order valence-electron chi connectivity index (χ0n) is 13.2. The molecule has 0 aliphatic carbocycles. The molecule has 0 fully saturated rings. The van der Waals surface area contributed by atoms with Crippen LogP contribution in [0.1, 0.15) is 11.1 Å². The number of hydrogen-bond donors (Lipinski definition) is 0. The van der Waals surface area contributed by atoms with Gasteiger partial charge in [-0.15, -0.1) is 0 Å². The van der Waals surface area contributed by atoms with Gasteiger partial charge in [-0.3, -0.25) is 4.79 Å². The molecule has 0 atom stereocenters. The minimum absolute atomic E-state index is 0.0793. The molecular weight excluding hydrogens is 370 g/mol. The Labute approximate surface area is 151 Å². The number of benzene rings is 2. The van der Waals surface area contributed by atoms with Crippen molar-refractivity contribution in [1.29, 1.82) is 0 Å². The van der Waals surface area contributed by atoms with Crippen molar-refractivity contribution in [3.63, 3.8) is 0 Å². The lowest BCUT2D eigenvalue weighted by Crippen LogP contribution is -2.11. The van der Waals surface area contributed by atoms with Gasteiger partial charge in [0, 0.05) is 30.4 Å². The second-order valence-corrected chi connectivity index (χ2v) is 6.05. The first kappa shape index (κ1) is 18.2. The highest BCUT2D eigenvalue weighted by atomic mass is 35.5. The van der Waals surface area contributed by atoms with Crippen molar-refractivity contribution in [1.82, 2.24) is 4.57 Å². The third-order valence-electron chi connectivity index (χ3n) is 3.83. The van der Waals surface area contributed by atoms with E-state index in [1.165, 1.54) is 48.7 Å². The number of alkyl halides is 3. The average molecular weight is 382 g/mol. The second-order valence-electron chi connectivity index (χ2n) is 5.67. The van der Waals surface area contributed by atoms with Gasteiger partial charge in [0.05, 0.1) is 16.3 Å². The molecule has 0 radical (unpaired) electrons. The van der Waals surface area contributed by atoms with Crippen molar-refractivity contribution in [2.75, 3.05) is 0 Å². The molecule has 0 N–H and O–H groups in total. The highest BCUT2D eigenvalue weighted by molar-refractivity contribution is 6.34. The molecule has 1 aromatic heterocycles. The second kappa shape index (κ2) is 6.96. The maximum atomic E-state index is 13.4. The number of nitrogens with zero attached hydrogens (tertiary/aromatic N) is 1. The first-order valence-electron chi connectivity index (χ1n) is 7.57. The van der Waals surface area contributed by atoms with E-state index >= 15 is 0 Å². The molecule has 7 heteroatoms. The molecule has 0 unspecified atom stereocenters. The van der Waals surface area contributed by atoms with Gasteiger partial charge in [-0.05, 0) is 23.8 Å². The maximum absolute atomic E-state index is 13.4. The van der Waals surface area contributed by atoms with Crippen LogP contribution in [-0.2, 0) is 12.7 Å². The van der Waals surface area contributed by atoms with Crippen LogP contribution in [0.5, 0.6) is 0 Å². The van der Waals surface area contributed by atoms with Crippen LogP contribution in [0.2, 0.25) is 5.02 Å². The molecule has 0 saturated heterocycles. The van der Waals surface area contributed by atoms with E-state index in [0.29, 0.717) is 5.56 Å². The van der Waals surface area contributed by atoms with E-state index in [-0.39, 0.29) is 23.2 Å². The number of halogens is 5. The van der Waals surface area contributed by atoms with Crippen LogP contribution < -0.4 is 5.43 Å². The molecule has 0 aliphatic heterocycles. The van der Waals surface area contributed by atoms with Crippen molar-refractivity contribution in [3.8, 4) is 11.3 Å². The number of aromatic nitrogens is 1. The van der Waals surface area contributed by atoms with Crippen molar-refractivity contribution >= 4 is 11.6 Å². The van der Waals surface area contributed by atoms with Crippen molar-refractivity contribution < 1.29 is 17.6 Å². The summed E-state index contributed by atoms with van der Waals surface area (Å²) in [5.41, 5.74) is -0.458. The number of pyridine rings is 1. The van der Waals surface area contributed by atoms with Gasteiger partial charge in [-0.25, -0.2) is 4.39 Å². The van der Waals surface area contributed by atoms with Gasteiger partial charge in [0.25, 0.3) is 0 Å². The molecular formula is C19H12ClF4NO. The van der Waals surface area contributed by atoms with Gasteiger partial charge < -0.3 is 4.57 Å². The van der Waals surface area contributed by atoms with Gasteiger partial charge in [-0.2, -0.15) is 13.2 Å². The Balaban J connectivity index is 2.14. The van der Waals surface area contributed by atoms with Crippen LogP contribution in [0.15, 0.2) is 65.6 Å². The molecule has 26 heavy (non-hydrogen) atoms. The number of hydrogen-bond acceptors (Lipinski definition) is 1. The maximum Gasteiger partial charge on any atom is 0.417 e. The van der Waals surface area contributed by atoms with Gasteiger partial charge in [0.15, 0.2) is 5.43 Å². The molecule has 0 saturated carbocycles. The largest absolute Gasteiger partial charge is 0.417 e. The summed E-state index contributed by atoms with van der Waals surface area (Å²) in [6.45, 7) is 0.167. The minimum atomic E-state index is -4.62. The third kappa shape index (κ3) is 3.80. The normalized spacial score (nSPS) is 11.6. The smallest absolute Gasteiger partial charge is 0.343 e. The van der Waals surface area contributed by atoms with Crippen LogP contribution >= 0.6 is 11.6 Å². The quantitative estimate of drug-likeness (QED) is 0.559. The SMILES string of the molecule is O=c1ccn(Cc2cccc(F)c2)c(-c2cccc(C(F)(F)F)c2Cl)c1. The Morgan fingerprint density at radius 1 is 1.00 bits per heavy atom. The topological polar surface area (TPSA) is 22.0 Å². The lowest BCUT2D eigenvalue weighted by atomic mass is 10.1. The van der Waals surface area contributed by atoms with Crippen molar-refractivity contribution in [3.05, 3.63) is 93.0 Å². The Morgan fingerprint density at radius 2 is 1.73 bits per heavy atom. The Kier molecular flexibility index (Phi) is 4.87. The summed E-state index contributed by atoms with van der Waals surface area (Å²) >= 11 is 5.99. The Bertz CT molecular complexity index is 1010. The number of rotatable bonds is 3. The van der Waals surface area contributed by atoms with E-state index < -0.39 is 22.6 Å². The Morgan fingerprint density at radius 3 is 2.42 bits per heavy atom. The van der Waals surface area contributed by atoms with Gasteiger partial charge >= 0.3 is 6.18 Å². The Hall–Kier alpha value is -2.60. The molecule has 3 rings (SSSR count). The molecule has 0 bridgehead atoms.